The topological polar surface area (TPSA) is 71.3 Å². The van der Waals surface area contributed by atoms with Crippen molar-refractivity contribution in [2.24, 2.45) is 11.8 Å². The van der Waals surface area contributed by atoms with E-state index in [4.69, 9.17) is 4.42 Å². The third-order valence-electron chi connectivity index (χ3n) is 3.34. The quantitative estimate of drug-likeness (QED) is 0.762. The Morgan fingerprint density at radius 1 is 1.43 bits per heavy atom. The van der Waals surface area contributed by atoms with E-state index in [1.54, 1.807) is 6.07 Å². The molecule has 0 radical (unpaired) electrons. The van der Waals surface area contributed by atoms with Crippen molar-refractivity contribution in [1.82, 2.24) is 10.0 Å². The van der Waals surface area contributed by atoms with Crippen LogP contribution in [-0.2, 0) is 16.6 Å². The van der Waals surface area contributed by atoms with E-state index in [0.717, 1.165) is 24.5 Å². The molecule has 0 aromatic carbocycles. The molecule has 0 aliphatic carbocycles. The normalized spacial score (nSPS) is 19.5. The predicted molar refractivity (Wildman–Crippen MR) is 85.9 cm³/mol. The zero-order valence-corrected chi connectivity index (χ0v) is 14.2. The fraction of sp³-hybridized carbons (Fsp3) is 0.714. The van der Waals surface area contributed by atoms with Crippen molar-refractivity contribution in [3.05, 3.63) is 17.9 Å². The van der Waals surface area contributed by atoms with Crippen LogP contribution >= 0.6 is 11.8 Å². The Morgan fingerprint density at radius 2 is 2.24 bits per heavy atom. The van der Waals surface area contributed by atoms with Crippen molar-refractivity contribution in [3.63, 3.8) is 0 Å². The Hall–Kier alpha value is -0.500. The Morgan fingerprint density at radius 3 is 2.90 bits per heavy atom. The third-order valence-corrected chi connectivity index (χ3v) is 5.87. The van der Waals surface area contributed by atoms with Crippen LogP contribution in [0.5, 0.6) is 0 Å². The number of furan rings is 1. The third kappa shape index (κ3) is 5.32. The maximum absolute atomic E-state index is 12.2. The van der Waals surface area contributed by atoms with E-state index in [1.807, 2.05) is 11.8 Å². The number of thioether (sulfide) groups is 1. The van der Waals surface area contributed by atoms with Gasteiger partial charge in [0.05, 0.1) is 6.54 Å². The van der Waals surface area contributed by atoms with Crippen LogP contribution in [0.3, 0.4) is 0 Å². The molecule has 0 amide bonds. The summed E-state index contributed by atoms with van der Waals surface area (Å²) in [6.07, 6.45) is 1.08. The molecule has 1 unspecified atom stereocenters. The molecule has 2 heterocycles. The standard InChI is InChI=1S/C14H24N2O3S2/c1-11(2)7-15-9-13-3-4-14(19-13)21(17,18)16-8-12-5-6-20-10-12/h3-4,11-12,15-16H,5-10H2,1-2H3. The zero-order chi connectivity index (χ0) is 15.3. The highest BCUT2D eigenvalue weighted by Gasteiger charge is 2.22. The summed E-state index contributed by atoms with van der Waals surface area (Å²) in [5.74, 6) is 3.79. The SMILES string of the molecule is CC(C)CNCc1ccc(S(=O)(=O)NCC2CCSC2)o1. The van der Waals surface area contributed by atoms with Crippen molar-refractivity contribution in [2.75, 3.05) is 24.6 Å². The summed E-state index contributed by atoms with van der Waals surface area (Å²) in [5, 5.41) is 3.24. The van der Waals surface area contributed by atoms with Crippen LogP contribution in [0.1, 0.15) is 26.0 Å². The highest BCUT2D eigenvalue weighted by molar-refractivity contribution is 7.99. The lowest BCUT2D eigenvalue weighted by atomic mass is 10.1. The van der Waals surface area contributed by atoms with Crippen LogP contribution < -0.4 is 10.0 Å². The number of hydrogen-bond acceptors (Lipinski definition) is 5. The Balaban J connectivity index is 1.86. The van der Waals surface area contributed by atoms with Gasteiger partial charge in [0.15, 0.2) is 0 Å². The van der Waals surface area contributed by atoms with E-state index in [1.165, 1.54) is 6.07 Å². The molecule has 120 valence electrons. The van der Waals surface area contributed by atoms with Gasteiger partial charge in [-0.05, 0) is 48.4 Å². The molecular formula is C14H24N2O3S2. The van der Waals surface area contributed by atoms with E-state index in [0.29, 0.717) is 30.7 Å². The van der Waals surface area contributed by atoms with Crippen LogP contribution in [0, 0.1) is 11.8 Å². The largest absolute Gasteiger partial charge is 0.447 e. The highest BCUT2D eigenvalue weighted by Crippen LogP contribution is 2.23. The molecule has 1 aliphatic heterocycles. The lowest BCUT2D eigenvalue weighted by Crippen LogP contribution is -2.29. The van der Waals surface area contributed by atoms with Gasteiger partial charge in [-0.25, -0.2) is 13.1 Å². The molecule has 1 aromatic rings. The van der Waals surface area contributed by atoms with Gasteiger partial charge in [0.2, 0.25) is 5.09 Å². The van der Waals surface area contributed by atoms with Crippen molar-refractivity contribution < 1.29 is 12.8 Å². The molecule has 2 N–H and O–H groups in total. The average molecular weight is 332 g/mol. The van der Waals surface area contributed by atoms with Gasteiger partial charge < -0.3 is 9.73 Å². The summed E-state index contributed by atoms with van der Waals surface area (Å²) in [5.41, 5.74) is 0. The van der Waals surface area contributed by atoms with Crippen molar-refractivity contribution in [1.29, 1.82) is 0 Å². The van der Waals surface area contributed by atoms with E-state index in [-0.39, 0.29) is 5.09 Å². The Kier molecular flexibility index (Phi) is 6.16. The predicted octanol–water partition coefficient (Wildman–Crippen LogP) is 2.06. The second-order valence-electron chi connectivity index (χ2n) is 5.83. The molecule has 0 saturated carbocycles. The van der Waals surface area contributed by atoms with Gasteiger partial charge >= 0.3 is 0 Å². The van der Waals surface area contributed by atoms with Gasteiger partial charge in [-0.2, -0.15) is 11.8 Å². The van der Waals surface area contributed by atoms with E-state index in [2.05, 4.69) is 23.9 Å². The molecular weight excluding hydrogens is 308 g/mol. The van der Waals surface area contributed by atoms with Gasteiger partial charge in [-0.15, -0.1) is 0 Å². The van der Waals surface area contributed by atoms with Gasteiger partial charge in [-0.1, -0.05) is 13.8 Å². The summed E-state index contributed by atoms with van der Waals surface area (Å²) in [4.78, 5) is 0. The molecule has 2 rings (SSSR count). The van der Waals surface area contributed by atoms with Crippen molar-refractivity contribution in [3.8, 4) is 0 Å². The smallest absolute Gasteiger partial charge is 0.273 e. The maximum atomic E-state index is 12.2. The molecule has 1 fully saturated rings. The molecule has 0 spiro atoms. The number of sulfonamides is 1. The van der Waals surface area contributed by atoms with Crippen LogP contribution in [0.4, 0.5) is 0 Å². The highest BCUT2D eigenvalue weighted by atomic mass is 32.2. The molecule has 1 aliphatic rings. The minimum Gasteiger partial charge on any atom is -0.447 e. The second-order valence-corrected chi connectivity index (χ2v) is 8.67. The van der Waals surface area contributed by atoms with Crippen LogP contribution in [0.25, 0.3) is 0 Å². The van der Waals surface area contributed by atoms with Crippen molar-refractivity contribution in [2.45, 2.75) is 31.9 Å². The Bertz CT molecular complexity index is 534. The van der Waals surface area contributed by atoms with Gasteiger partial charge in [0.25, 0.3) is 10.0 Å². The first-order valence-electron chi connectivity index (χ1n) is 7.34. The van der Waals surface area contributed by atoms with Crippen LogP contribution in [-0.4, -0.2) is 33.0 Å². The number of rotatable bonds is 8. The summed E-state index contributed by atoms with van der Waals surface area (Å²) < 4.78 is 32.4. The lowest BCUT2D eigenvalue weighted by molar-refractivity contribution is 0.393. The molecule has 5 nitrogen and oxygen atoms in total. The monoisotopic (exact) mass is 332 g/mol. The van der Waals surface area contributed by atoms with E-state index in [9.17, 15) is 8.42 Å². The first-order valence-corrected chi connectivity index (χ1v) is 9.98. The molecule has 1 atom stereocenters. The number of nitrogens with one attached hydrogen (secondary N) is 2. The van der Waals surface area contributed by atoms with E-state index >= 15 is 0 Å². The zero-order valence-electron chi connectivity index (χ0n) is 12.6. The van der Waals surface area contributed by atoms with Crippen molar-refractivity contribution >= 4 is 21.8 Å². The minimum atomic E-state index is -3.52. The van der Waals surface area contributed by atoms with Crippen LogP contribution in [0.2, 0.25) is 0 Å². The fourth-order valence-electron chi connectivity index (χ4n) is 2.12. The van der Waals surface area contributed by atoms with Crippen LogP contribution in [0.15, 0.2) is 21.6 Å². The summed E-state index contributed by atoms with van der Waals surface area (Å²) in [6.45, 7) is 6.16. The molecule has 21 heavy (non-hydrogen) atoms. The first-order chi connectivity index (χ1) is 9.97. The number of hydrogen-bond donors (Lipinski definition) is 2. The maximum Gasteiger partial charge on any atom is 0.273 e. The minimum absolute atomic E-state index is 0.00879. The summed E-state index contributed by atoms with van der Waals surface area (Å²) in [7, 11) is -3.52. The second kappa shape index (κ2) is 7.67. The van der Waals surface area contributed by atoms with Gasteiger partial charge in [0.1, 0.15) is 5.76 Å². The first kappa shape index (κ1) is 16.9. The van der Waals surface area contributed by atoms with E-state index < -0.39 is 10.0 Å². The average Bonchev–Trinajstić information content (AvgIpc) is 3.07. The summed E-state index contributed by atoms with van der Waals surface area (Å²) >= 11 is 1.88. The molecule has 0 bridgehead atoms. The Labute approximate surface area is 131 Å². The molecule has 1 aromatic heterocycles. The lowest BCUT2D eigenvalue weighted by Gasteiger charge is -2.09. The molecule has 1 saturated heterocycles. The fourth-order valence-corrected chi connectivity index (χ4v) is 4.47. The van der Waals surface area contributed by atoms with Gasteiger partial charge in [-0.3, -0.25) is 0 Å². The summed E-state index contributed by atoms with van der Waals surface area (Å²) in [6, 6.07) is 3.24. The van der Waals surface area contributed by atoms with Gasteiger partial charge in [0, 0.05) is 6.54 Å². The molecule has 7 heteroatoms.